The molecule has 2 heteroatoms. The summed E-state index contributed by atoms with van der Waals surface area (Å²) in [5.41, 5.74) is 0.735. The van der Waals surface area contributed by atoms with Gasteiger partial charge in [0.2, 0.25) is 0 Å². The lowest BCUT2D eigenvalue weighted by Crippen LogP contribution is -2.42. The molecule has 0 amide bonds. The van der Waals surface area contributed by atoms with Crippen LogP contribution in [0.25, 0.3) is 0 Å². The van der Waals surface area contributed by atoms with E-state index in [2.05, 4.69) is 34.6 Å². The molecule has 0 spiro atoms. The van der Waals surface area contributed by atoms with Crippen LogP contribution in [0.2, 0.25) is 0 Å². The third kappa shape index (κ3) is 3.46. The van der Waals surface area contributed by atoms with Crippen LogP contribution in [0, 0.1) is 16.2 Å². The molecule has 0 aromatic rings. The van der Waals surface area contributed by atoms with Crippen molar-refractivity contribution in [1.29, 1.82) is 0 Å². The average molecular weight is 228 g/mol. The Hall–Kier alpha value is -0.0800. The van der Waals surface area contributed by atoms with Gasteiger partial charge in [-0.05, 0) is 35.5 Å². The minimum absolute atomic E-state index is 0.111. The number of aliphatic hydroxyl groups is 2. The molecule has 0 atom stereocenters. The Morgan fingerprint density at radius 1 is 0.938 bits per heavy atom. The zero-order valence-corrected chi connectivity index (χ0v) is 11.5. The molecule has 0 saturated heterocycles. The van der Waals surface area contributed by atoms with Crippen LogP contribution in [0.3, 0.4) is 0 Å². The van der Waals surface area contributed by atoms with Gasteiger partial charge in [-0.15, -0.1) is 0 Å². The summed E-state index contributed by atoms with van der Waals surface area (Å²) in [6.45, 7) is 11.4. The Morgan fingerprint density at radius 2 is 1.38 bits per heavy atom. The molecule has 0 aromatic carbocycles. The lowest BCUT2D eigenvalue weighted by atomic mass is 9.53. The van der Waals surface area contributed by atoms with Crippen molar-refractivity contribution < 1.29 is 10.2 Å². The summed E-state index contributed by atoms with van der Waals surface area (Å²) in [6, 6.07) is 0. The van der Waals surface area contributed by atoms with Crippen molar-refractivity contribution in [2.75, 3.05) is 0 Å². The second-order valence-electron chi connectivity index (χ2n) is 7.40. The quantitative estimate of drug-likeness (QED) is 0.727. The first-order valence-corrected chi connectivity index (χ1v) is 6.46. The standard InChI is InChI=1S/C14H28O2/c1-6-14(7-11(15)16)9-12(2,3)8-13(4,5)10-14/h11,15-16H,6-10H2,1-5H3. The molecule has 0 aliphatic heterocycles. The highest BCUT2D eigenvalue weighted by Gasteiger charge is 2.46. The molecule has 0 heterocycles. The molecular weight excluding hydrogens is 200 g/mol. The van der Waals surface area contributed by atoms with Gasteiger partial charge in [0.25, 0.3) is 0 Å². The summed E-state index contributed by atoms with van der Waals surface area (Å²) >= 11 is 0. The van der Waals surface area contributed by atoms with E-state index in [9.17, 15) is 10.2 Å². The fraction of sp³-hybridized carbons (Fsp3) is 1.00. The SMILES string of the molecule is CCC1(CC(O)O)CC(C)(C)CC(C)(C)C1. The minimum Gasteiger partial charge on any atom is -0.368 e. The number of rotatable bonds is 3. The predicted molar refractivity (Wildman–Crippen MR) is 67.0 cm³/mol. The van der Waals surface area contributed by atoms with E-state index < -0.39 is 6.29 Å². The Kier molecular flexibility index (Phi) is 3.76. The molecular formula is C14H28O2. The van der Waals surface area contributed by atoms with Crippen LogP contribution < -0.4 is 0 Å². The van der Waals surface area contributed by atoms with Gasteiger partial charge in [0.1, 0.15) is 0 Å². The van der Waals surface area contributed by atoms with Gasteiger partial charge in [-0.25, -0.2) is 0 Å². The summed E-state index contributed by atoms with van der Waals surface area (Å²) in [6.07, 6.45) is 3.84. The minimum atomic E-state index is -1.16. The summed E-state index contributed by atoms with van der Waals surface area (Å²) in [4.78, 5) is 0. The van der Waals surface area contributed by atoms with Gasteiger partial charge in [0.05, 0.1) is 0 Å². The first kappa shape index (κ1) is 14.0. The molecule has 16 heavy (non-hydrogen) atoms. The molecule has 2 nitrogen and oxygen atoms in total. The van der Waals surface area contributed by atoms with Crippen molar-refractivity contribution in [1.82, 2.24) is 0 Å². The van der Waals surface area contributed by atoms with E-state index in [0.717, 1.165) is 19.3 Å². The normalized spacial score (nSPS) is 27.0. The predicted octanol–water partition coefficient (Wildman–Crippen LogP) is 3.32. The van der Waals surface area contributed by atoms with Crippen LogP contribution in [0.4, 0.5) is 0 Å². The van der Waals surface area contributed by atoms with Gasteiger partial charge in [0, 0.05) is 6.42 Å². The monoisotopic (exact) mass is 228 g/mol. The van der Waals surface area contributed by atoms with Gasteiger partial charge in [-0.1, -0.05) is 41.0 Å². The van der Waals surface area contributed by atoms with Gasteiger partial charge < -0.3 is 10.2 Å². The van der Waals surface area contributed by atoms with Crippen molar-refractivity contribution in [2.45, 2.75) is 73.0 Å². The maximum Gasteiger partial charge on any atom is 0.151 e. The molecule has 0 bridgehead atoms. The molecule has 0 aromatic heterocycles. The van der Waals surface area contributed by atoms with E-state index in [-0.39, 0.29) is 5.41 Å². The van der Waals surface area contributed by atoms with E-state index >= 15 is 0 Å². The Labute approximate surface area is 100 Å². The van der Waals surface area contributed by atoms with Crippen LogP contribution in [0.15, 0.2) is 0 Å². The molecule has 1 saturated carbocycles. The lowest BCUT2D eigenvalue weighted by Gasteiger charge is -2.52. The summed E-state index contributed by atoms with van der Waals surface area (Å²) in [5, 5.41) is 18.6. The zero-order chi connectivity index (χ0) is 12.6. The summed E-state index contributed by atoms with van der Waals surface area (Å²) < 4.78 is 0. The number of hydrogen-bond acceptors (Lipinski definition) is 2. The Bertz CT molecular complexity index is 225. The van der Waals surface area contributed by atoms with E-state index in [1.54, 1.807) is 0 Å². The van der Waals surface area contributed by atoms with Gasteiger partial charge in [-0.3, -0.25) is 0 Å². The Balaban J connectivity index is 2.92. The van der Waals surface area contributed by atoms with Gasteiger partial charge >= 0.3 is 0 Å². The maximum absolute atomic E-state index is 9.30. The highest BCUT2D eigenvalue weighted by atomic mass is 16.5. The number of aliphatic hydroxyl groups excluding tert-OH is 1. The molecule has 0 radical (unpaired) electrons. The molecule has 1 aliphatic rings. The van der Waals surface area contributed by atoms with Crippen molar-refractivity contribution >= 4 is 0 Å². The van der Waals surface area contributed by atoms with E-state index in [1.807, 2.05) is 0 Å². The van der Waals surface area contributed by atoms with Gasteiger partial charge in [0.15, 0.2) is 6.29 Å². The average Bonchev–Trinajstić information content (AvgIpc) is 1.96. The zero-order valence-electron chi connectivity index (χ0n) is 11.5. The van der Waals surface area contributed by atoms with Crippen molar-refractivity contribution in [2.24, 2.45) is 16.2 Å². The van der Waals surface area contributed by atoms with Crippen molar-refractivity contribution in [3.8, 4) is 0 Å². The largest absolute Gasteiger partial charge is 0.368 e. The Morgan fingerprint density at radius 3 is 1.69 bits per heavy atom. The third-order valence-electron chi connectivity index (χ3n) is 4.03. The topological polar surface area (TPSA) is 40.5 Å². The van der Waals surface area contributed by atoms with Crippen LogP contribution in [-0.2, 0) is 0 Å². The van der Waals surface area contributed by atoms with E-state index in [0.29, 0.717) is 17.3 Å². The van der Waals surface area contributed by atoms with Gasteiger partial charge in [-0.2, -0.15) is 0 Å². The molecule has 96 valence electrons. The smallest absolute Gasteiger partial charge is 0.151 e. The fourth-order valence-electron chi connectivity index (χ4n) is 4.44. The summed E-state index contributed by atoms with van der Waals surface area (Å²) in [7, 11) is 0. The van der Waals surface area contributed by atoms with Crippen molar-refractivity contribution in [3.63, 3.8) is 0 Å². The van der Waals surface area contributed by atoms with Crippen LogP contribution in [-0.4, -0.2) is 16.5 Å². The molecule has 2 N–H and O–H groups in total. The van der Waals surface area contributed by atoms with Crippen LogP contribution in [0.1, 0.15) is 66.7 Å². The molecule has 1 rings (SSSR count). The van der Waals surface area contributed by atoms with E-state index in [1.165, 1.54) is 6.42 Å². The molecule has 1 fully saturated rings. The molecule has 1 aliphatic carbocycles. The van der Waals surface area contributed by atoms with Crippen molar-refractivity contribution in [3.05, 3.63) is 0 Å². The maximum atomic E-state index is 9.30. The second-order valence-corrected chi connectivity index (χ2v) is 7.40. The number of hydrogen-bond donors (Lipinski definition) is 2. The highest BCUT2D eigenvalue weighted by Crippen LogP contribution is 2.57. The first-order valence-electron chi connectivity index (χ1n) is 6.46. The van der Waals surface area contributed by atoms with Crippen LogP contribution >= 0.6 is 0 Å². The first-order chi connectivity index (χ1) is 7.10. The summed E-state index contributed by atoms with van der Waals surface area (Å²) in [5.74, 6) is 0. The second kappa shape index (κ2) is 4.30. The fourth-order valence-corrected chi connectivity index (χ4v) is 4.44. The lowest BCUT2D eigenvalue weighted by molar-refractivity contribution is -0.106. The molecule has 0 unspecified atom stereocenters. The third-order valence-corrected chi connectivity index (χ3v) is 4.03. The van der Waals surface area contributed by atoms with E-state index in [4.69, 9.17) is 0 Å². The van der Waals surface area contributed by atoms with Crippen LogP contribution in [0.5, 0.6) is 0 Å². The highest BCUT2D eigenvalue weighted by molar-refractivity contribution is 4.96.